The summed E-state index contributed by atoms with van der Waals surface area (Å²) in [5.41, 5.74) is 5.71. The van der Waals surface area contributed by atoms with Gasteiger partial charge in [-0.05, 0) is 54.8 Å². The first kappa shape index (κ1) is 16.3. The molecular formula is C22H16F2N2. The van der Waals surface area contributed by atoms with Crippen molar-refractivity contribution in [2.75, 3.05) is 0 Å². The summed E-state index contributed by atoms with van der Waals surface area (Å²) in [6.07, 6.45) is 3.34. The van der Waals surface area contributed by atoms with Crippen LogP contribution in [0.4, 0.5) is 8.78 Å². The van der Waals surface area contributed by atoms with Gasteiger partial charge in [0.25, 0.3) is 0 Å². The normalized spacial score (nSPS) is 11.1. The van der Waals surface area contributed by atoms with Crippen molar-refractivity contribution in [1.82, 2.24) is 9.97 Å². The van der Waals surface area contributed by atoms with Crippen molar-refractivity contribution >= 4 is 10.9 Å². The van der Waals surface area contributed by atoms with Crippen molar-refractivity contribution in [3.63, 3.8) is 0 Å². The summed E-state index contributed by atoms with van der Waals surface area (Å²) < 4.78 is 27.6. The molecule has 2 aromatic carbocycles. The highest BCUT2D eigenvalue weighted by Crippen LogP contribution is 2.35. The van der Waals surface area contributed by atoms with Crippen LogP contribution in [0.2, 0.25) is 0 Å². The van der Waals surface area contributed by atoms with E-state index in [4.69, 9.17) is 0 Å². The summed E-state index contributed by atoms with van der Waals surface area (Å²) in [6.45, 7) is 4.07. The molecule has 0 bridgehead atoms. The average molecular weight is 346 g/mol. The first-order chi connectivity index (χ1) is 12.6. The molecule has 2 heterocycles. The predicted octanol–water partition coefficient (Wildman–Crippen LogP) is 5.86. The number of benzene rings is 2. The van der Waals surface area contributed by atoms with Crippen LogP contribution in [-0.2, 0) is 0 Å². The van der Waals surface area contributed by atoms with Gasteiger partial charge < -0.3 is 0 Å². The molecule has 2 nitrogen and oxygen atoms in total. The van der Waals surface area contributed by atoms with Crippen LogP contribution in [0, 0.1) is 25.5 Å². The number of pyridine rings is 2. The highest BCUT2D eigenvalue weighted by Gasteiger charge is 2.15. The lowest BCUT2D eigenvalue weighted by molar-refractivity contribution is 0.585. The standard InChI is InChI=1S/C22H16F2N2/c1-13-4-3-5-14(2)20(13)22-21-18(9-11-26-22)16(8-10-25-21)17-7-6-15(23)12-19(17)24/h3-12H,1-2H3. The van der Waals surface area contributed by atoms with Crippen LogP contribution in [0.25, 0.3) is 33.3 Å². The largest absolute Gasteiger partial charge is 0.254 e. The van der Waals surface area contributed by atoms with Crippen molar-refractivity contribution in [2.24, 2.45) is 0 Å². The minimum absolute atomic E-state index is 0.345. The van der Waals surface area contributed by atoms with Gasteiger partial charge in [-0.2, -0.15) is 0 Å². The van der Waals surface area contributed by atoms with Crippen LogP contribution in [0.3, 0.4) is 0 Å². The van der Waals surface area contributed by atoms with Crippen LogP contribution in [-0.4, -0.2) is 9.97 Å². The Morgan fingerprint density at radius 3 is 2.23 bits per heavy atom. The Labute approximate surface area is 150 Å². The van der Waals surface area contributed by atoms with E-state index < -0.39 is 11.6 Å². The molecule has 0 unspecified atom stereocenters. The first-order valence-electron chi connectivity index (χ1n) is 8.32. The lowest BCUT2D eigenvalue weighted by Crippen LogP contribution is -1.96. The molecule has 26 heavy (non-hydrogen) atoms. The minimum atomic E-state index is -0.595. The zero-order valence-corrected chi connectivity index (χ0v) is 14.4. The van der Waals surface area contributed by atoms with E-state index in [2.05, 4.69) is 9.97 Å². The van der Waals surface area contributed by atoms with Gasteiger partial charge in [-0.25, -0.2) is 8.78 Å². The summed E-state index contributed by atoms with van der Waals surface area (Å²) in [6, 6.07) is 13.3. The van der Waals surface area contributed by atoms with Gasteiger partial charge in [-0.15, -0.1) is 0 Å². The molecule has 0 aliphatic rings. The van der Waals surface area contributed by atoms with Gasteiger partial charge in [0.15, 0.2) is 0 Å². The SMILES string of the molecule is Cc1cccc(C)c1-c1nccc2c(-c3ccc(F)cc3F)ccnc12. The van der Waals surface area contributed by atoms with E-state index in [-0.39, 0.29) is 0 Å². The second-order valence-electron chi connectivity index (χ2n) is 6.31. The fourth-order valence-electron chi connectivity index (χ4n) is 3.39. The Kier molecular flexibility index (Phi) is 3.96. The van der Waals surface area contributed by atoms with Gasteiger partial charge in [0.1, 0.15) is 11.6 Å². The molecule has 0 spiro atoms. The van der Waals surface area contributed by atoms with Crippen LogP contribution in [0.5, 0.6) is 0 Å². The van der Waals surface area contributed by atoms with Gasteiger partial charge >= 0.3 is 0 Å². The minimum Gasteiger partial charge on any atom is -0.254 e. The van der Waals surface area contributed by atoms with Crippen LogP contribution in [0.1, 0.15) is 11.1 Å². The number of halogens is 2. The fourth-order valence-corrected chi connectivity index (χ4v) is 3.39. The van der Waals surface area contributed by atoms with Crippen molar-refractivity contribution in [2.45, 2.75) is 13.8 Å². The molecule has 4 aromatic rings. The Morgan fingerprint density at radius 2 is 1.50 bits per heavy atom. The smallest absolute Gasteiger partial charge is 0.133 e. The second kappa shape index (κ2) is 6.30. The van der Waals surface area contributed by atoms with E-state index in [0.29, 0.717) is 16.6 Å². The molecule has 4 heteroatoms. The molecule has 128 valence electrons. The molecule has 4 rings (SSSR count). The lowest BCUT2D eigenvalue weighted by atomic mass is 9.95. The highest BCUT2D eigenvalue weighted by molar-refractivity contribution is 6.01. The van der Waals surface area contributed by atoms with E-state index in [1.807, 2.05) is 38.1 Å². The summed E-state index contributed by atoms with van der Waals surface area (Å²) >= 11 is 0. The molecule has 0 saturated heterocycles. The molecule has 0 aliphatic carbocycles. The van der Waals surface area contributed by atoms with Gasteiger partial charge in [-0.3, -0.25) is 9.97 Å². The molecule has 0 saturated carbocycles. The van der Waals surface area contributed by atoms with E-state index in [1.165, 1.54) is 12.1 Å². The topological polar surface area (TPSA) is 25.8 Å². The third kappa shape index (κ3) is 2.64. The van der Waals surface area contributed by atoms with Gasteiger partial charge in [0, 0.05) is 35.0 Å². The summed E-state index contributed by atoms with van der Waals surface area (Å²) in [4.78, 5) is 9.07. The van der Waals surface area contributed by atoms with E-state index in [0.717, 1.165) is 33.8 Å². The molecular weight excluding hydrogens is 330 g/mol. The molecule has 0 radical (unpaired) electrons. The number of aromatic nitrogens is 2. The third-order valence-electron chi connectivity index (χ3n) is 4.60. The van der Waals surface area contributed by atoms with Crippen LogP contribution in [0.15, 0.2) is 60.9 Å². The van der Waals surface area contributed by atoms with Crippen molar-refractivity contribution in [3.8, 4) is 22.4 Å². The zero-order chi connectivity index (χ0) is 18.3. The first-order valence-corrected chi connectivity index (χ1v) is 8.32. The zero-order valence-electron chi connectivity index (χ0n) is 14.4. The average Bonchev–Trinajstić information content (AvgIpc) is 2.61. The lowest BCUT2D eigenvalue weighted by Gasteiger charge is -2.13. The molecule has 0 fully saturated rings. The number of hydrogen-bond acceptors (Lipinski definition) is 2. The van der Waals surface area contributed by atoms with Crippen molar-refractivity contribution in [1.29, 1.82) is 0 Å². The maximum Gasteiger partial charge on any atom is 0.133 e. The van der Waals surface area contributed by atoms with Crippen molar-refractivity contribution in [3.05, 3.63) is 83.7 Å². The van der Waals surface area contributed by atoms with E-state index in [9.17, 15) is 8.78 Å². The highest BCUT2D eigenvalue weighted by atomic mass is 19.1. The Morgan fingerprint density at radius 1 is 0.769 bits per heavy atom. The maximum absolute atomic E-state index is 14.3. The van der Waals surface area contributed by atoms with E-state index in [1.54, 1.807) is 18.5 Å². The maximum atomic E-state index is 14.3. The van der Waals surface area contributed by atoms with Gasteiger partial charge in [-0.1, -0.05) is 18.2 Å². The summed E-state index contributed by atoms with van der Waals surface area (Å²) in [5.74, 6) is -1.19. The molecule has 0 N–H and O–H groups in total. The Balaban J connectivity index is 2.03. The molecule has 0 aliphatic heterocycles. The van der Waals surface area contributed by atoms with E-state index >= 15 is 0 Å². The summed E-state index contributed by atoms with van der Waals surface area (Å²) in [5, 5.41) is 0.783. The van der Waals surface area contributed by atoms with Gasteiger partial charge in [0.05, 0.1) is 11.2 Å². The number of hydrogen-bond donors (Lipinski definition) is 0. The summed E-state index contributed by atoms with van der Waals surface area (Å²) in [7, 11) is 0. The van der Waals surface area contributed by atoms with Crippen molar-refractivity contribution < 1.29 is 8.78 Å². The third-order valence-corrected chi connectivity index (χ3v) is 4.60. The Bertz CT molecular complexity index is 1120. The fraction of sp³-hybridized carbons (Fsp3) is 0.0909. The Hall–Kier alpha value is -3.14. The molecule has 0 amide bonds. The molecule has 0 atom stereocenters. The molecule has 2 aromatic heterocycles. The number of aryl methyl sites for hydroxylation is 2. The predicted molar refractivity (Wildman–Crippen MR) is 99.8 cm³/mol. The van der Waals surface area contributed by atoms with Crippen LogP contribution >= 0.6 is 0 Å². The quantitative estimate of drug-likeness (QED) is 0.454. The number of nitrogens with zero attached hydrogens (tertiary/aromatic N) is 2. The van der Waals surface area contributed by atoms with Crippen LogP contribution < -0.4 is 0 Å². The monoisotopic (exact) mass is 346 g/mol. The van der Waals surface area contributed by atoms with Gasteiger partial charge in [0.2, 0.25) is 0 Å². The number of rotatable bonds is 2. The number of fused-ring (bicyclic) bond motifs is 1. The second-order valence-corrected chi connectivity index (χ2v) is 6.31.